The molecule has 0 aliphatic heterocycles. The lowest BCUT2D eigenvalue weighted by molar-refractivity contribution is -0.448. The second-order valence-electron chi connectivity index (χ2n) is 3.98. The minimum atomic E-state index is -1.59. The highest BCUT2D eigenvalue weighted by Crippen LogP contribution is 2.20. The number of hydrogen-bond donors (Lipinski definition) is 2. The average molecular weight is 231 g/mol. The molecule has 4 nitrogen and oxygen atoms in total. The van der Waals surface area contributed by atoms with Gasteiger partial charge in [-0.1, -0.05) is 36.4 Å². The number of carbonyl (C=O) groups excluding carboxylic acids is 1. The third-order valence-corrected chi connectivity index (χ3v) is 2.82. The van der Waals surface area contributed by atoms with Crippen LogP contribution in [0.3, 0.4) is 0 Å². The smallest absolute Gasteiger partial charge is 0.149 e. The maximum absolute atomic E-state index is 10.6. The van der Waals surface area contributed by atoms with Crippen LogP contribution in [0.2, 0.25) is 0 Å². The summed E-state index contributed by atoms with van der Waals surface area (Å²) in [6, 6.07) is 12.5. The van der Waals surface area contributed by atoms with E-state index in [4.69, 9.17) is 0 Å². The predicted molar refractivity (Wildman–Crippen MR) is 60.6 cm³/mol. The molecule has 4 N–H and O–H groups in total. The zero-order valence-electron chi connectivity index (χ0n) is 9.17. The van der Waals surface area contributed by atoms with Crippen molar-refractivity contribution in [3.05, 3.63) is 48.0 Å². The molecule has 0 aliphatic rings. The van der Waals surface area contributed by atoms with Crippen LogP contribution >= 0.6 is 0 Å². The Bertz CT molecular complexity index is 553. The summed E-state index contributed by atoms with van der Waals surface area (Å²) in [6.07, 6.45) is -1.59. The molecule has 0 spiro atoms. The molecule has 17 heavy (non-hydrogen) atoms. The summed E-state index contributed by atoms with van der Waals surface area (Å²) in [5.41, 5.74) is 4.35. The monoisotopic (exact) mass is 231 g/mol. The Kier molecular flexibility index (Phi) is 3.08. The summed E-state index contributed by atoms with van der Waals surface area (Å²) in [6.45, 7) is 0. The zero-order chi connectivity index (χ0) is 12.4. The van der Waals surface area contributed by atoms with Gasteiger partial charge >= 0.3 is 0 Å². The molecule has 0 heterocycles. The molecule has 0 unspecified atom stereocenters. The van der Waals surface area contributed by atoms with Crippen molar-refractivity contribution in [2.75, 3.05) is 0 Å². The van der Waals surface area contributed by atoms with E-state index >= 15 is 0 Å². The number of benzene rings is 2. The zero-order valence-corrected chi connectivity index (χ0v) is 9.17. The summed E-state index contributed by atoms with van der Waals surface area (Å²) in [5, 5.41) is 22.0. The maximum Gasteiger partial charge on any atom is 0.149 e. The molecule has 0 amide bonds. The molecular formula is C13H13NO3. The molecule has 2 aromatic rings. The number of hydrogen-bond acceptors (Lipinski definition) is 3. The second-order valence-corrected chi connectivity index (χ2v) is 3.98. The van der Waals surface area contributed by atoms with Crippen LogP contribution in [0.5, 0.6) is 0 Å². The molecule has 0 bridgehead atoms. The Balaban J connectivity index is 2.39. The Hall–Kier alpha value is -1.91. The van der Waals surface area contributed by atoms with Crippen LogP contribution in [0.1, 0.15) is 11.6 Å². The second kappa shape index (κ2) is 4.53. The third kappa shape index (κ3) is 2.27. The molecule has 2 rings (SSSR count). The van der Waals surface area contributed by atoms with E-state index in [2.05, 4.69) is 5.73 Å². The summed E-state index contributed by atoms with van der Waals surface area (Å²) in [7, 11) is 0. The van der Waals surface area contributed by atoms with Gasteiger partial charge in [0.25, 0.3) is 0 Å². The van der Waals surface area contributed by atoms with Crippen LogP contribution in [0.4, 0.5) is 0 Å². The predicted octanol–water partition coefficient (Wildman–Crippen LogP) is -0.766. The fourth-order valence-corrected chi connectivity index (χ4v) is 1.78. The number of carboxylic acids is 1. The first-order chi connectivity index (χ1) is 8.09. The van der Waals surface area contributed by atoms with E-state index in [-0.39, 0.29) is 0 Å². The Morgan fingerprint density at radius 3 is 2.47 bits per heavy atom. The Morgan fingerprint density at radius 1 is 1.18 bits per heavy atom. The lowest BCUT2D eigenvalue weighted by Crippen LogP contribution is -2.62. The van der Waals surface area contributed by atoms with Gasteiger partial charge in [-0.3, -0.25) is 0 Å². The molecule has 0 fully saturated rings. The minimum absolute atomic E-state index is 0.681. The topological polar surface area (TPSA) is 88.0 Å². The van der Waals surface area contributed by atoms with Gasteiger partial charge in [0, 0.05) is 5.56 Å². The Labute approximate surface area is 98.3 Å². The van der Waals surface area contributed by atoms with Crippen LogP contribution in [0.15, 0.2) is 42.5 Å². The lowest BCUT2D eigenvalue weighted by Gasteiger charge is -2.17. The van der Waals surface area contributed by atoms with Gasteiger partial charge in [-0.05, 0) is 16.8 Å². The van der Waals surface area contributed by atoms with Crippen molar-refractivity contribution in [3.8, 4) is 0 Å². The maximum atomic E-state index is 10.6. The number of carbonyl (C=O) groups is 1. The molecule has 88 valence electrons. The van der Waals surface area contributed by atoms with Gasteiger partial charge in [-0.15, -0.1) is 0 Å². The standard InChI is InChI=1S/C13H13NO3/c14-11(12(15)13(16)17)10-6-5-8-3-1-2-4-9(8)7-10/h1-7,11-12,15H,14H2,(H,16,17)/t11-,12-/m1/s1. The van der Waals surface area contributed by atoms with E-state index in [9.17, 15) is 15.0 Å². The van der Waals surface area contributed by atoms with Crippen molar-refractivity contribution in [2.24, 2.45) is 0 Å². The van der Waals surface area contributed by atoms with Crippen molar-refractivity contribution >= 4 is 16.7 Å². The van der Waals surface area contributed by atoms with Crippen LogP contribution in [-0.2, 0) is 4.79 Å². The van der Waals surface area contributed by atoms with E-state index in [0.29, 0.717) is 5.56 Å². The minimum Gasteiger partial charge on any atom is -0.547 e. The fraction of sp³-hybridized carbons (Fsp3) is 0.154. The molecular weight excluding hydrogens is 218 g/mol. The molecule has 0 aromatic heterocycles. The number of aliphatic carboxylic acids is 1. The summed E-state index contributed by atoms with van der Waals surface area (Å²) < 4.78 is 0. The van der Waals surface area contributed by atoms with Gasteiger partial charge in [0.05, 0.1) is 5.97 Å². The summed E-state index contributed by atoms with van der Waals surface area (Å²) in [5.74, 6) is -1.50. The molecule has 0 aliphatic carbocycles. The highest BCUT2D eigenvalue weighted by molar-refractivity contribution is 5.83. The highest BCUT2D eigenvalue weighted by Gasteiger charge is 2.21. The van der Waals surface area contributed by atoms with Crippen LogP contribution in [0.25, 0.3) is 10.8 Å². The molecule has 2 atom stereocenters. The first-order valence-corrected chi connectivity index (χ1v) is 5.30. The van der Waals surface area contributed by atoms with E-state index in [1.54, 1.807) is 6.07 Å². The average Bonchev–Trinajstić information content (AvgIpc) is 2.36. The first kappa shape index (κ1) is 11.6. The van der Waals surface area contributed by atoms with Crippen molar-refractivity contribution < 1.29 is 20.7 Å². The highest BCUT2D eigenvalue weighted by atomic mass is 16.4. The van der Waals surface area contributed by atoms with Crippen molar-refractivity contribution in [2.45, 2.75) is 12.1 Å². The van der Waals surface area contributed by atoms with Gasteiger partial charge in [-0.2, -0.15) is 0 Å². The van der Waals surface area contributed by atoms with Crippen LogP contribution in [-0.4, -0.2) is 17.2 Å². The largest absolute Gasteiger partial charge is 0.547 e. The fourth-order valence-electron chi connectivity index (χ4n) is 1.78. The molecule has 0 saturated carbocycles. The van der Waals surface area contributed by atoms with Gasteiger partial charge in [-0.25, -0.2) is 0 Å². The van der Waals surface area contributed by atoms with E-state index in [0.717, 1.165) is 10.8 Å². The first-order valence-electron chi connectivity index (χ1n) is 5.30. The molecule has 4 heteroatoms. The van der Waals surface area contributed by atoms with E-state index < -0.39 is 18.1 Å². The van der Waals surface area contributed by atoms with Crippen LogP contribution in [0, 0.1) is 0 Å². The Morgan fingerprint density at radius 2 is 1.82 bits per heavy atom. The van der Waals surface area contributed by atoms with Crippen molar-refractivity contribution in [1.29, 1.82) is 0 Å². The normalized spacial score (nSPS) is 14.5. The lowest BCUT2D eigenvalue weighted by atomic mass is 9.99. The van der Waals surface area contributed by atoms with Crippen molar-refractivity contribution in [1.82, 2.24) is 0 Å². The quantitative estimate of drug-likeness (QED) is 0.727. The van der Waals surface area contributed by atoms with Gasteiger partial charge < -0.3 is 20.7 Å². The number of aliphatic hydroxyl groups is 1. The molecule has 0 radical (unpaired) electrons. The molecule has 0 saturated heterocycles. The number of quaternary nitrogens is 1. The van der Waals surface area contributed by atoms with Gasteiger partial charge in [0.2, 0.25) is 0 Å². The number of rotatable bonds is 3. The number of aliphatic hydroxyl groups excluding tert-OH is 1. The van der Waals surface area contributed by atoms with Gasteiger partial charge in [0.1, 0.15) is 12.1 Å². The summed E-state index contributed by atoms with van der Waals surface area (Å²) in [4.78, 5) is 10.6. The van der Waals surface area contributed by atoms with Gasteiger partial charge in [0.15, 0.2) is 0 Å². The SMILES string of the molecule is [NH3+][C@H](c1ccc2ccccc2c1)[C@@H](O)C(=O)[O-]. The molecule has 2 aromatic carbocycles. The number of fused-ring (bicyclic) bond motifs is 1. The van der Waals surface area contributed by atoms with Crippen molar-refractivity contribution in [3.63, 3.8) is 0 Å². The van der Waals surface area contributed by atoms with Crippen LogP contribution < -0.4 is 10.8 Å². The van der Waals surface area contributed by atoms with E-state index in [1.165, 1.54) is 0 Å². The third-order valence-electron chi connectivity index (χ3n) is 2.82. The number of carboxylic acid groups (broad SMARTS) is 1. The summed E-state index contributed by atoms with van der Waals surface area (Å²) >= 11 is 0. The van der Waals surface area contributed by atoms with E-state index in [1.807, 2.05) is 36.4 Å².